The van der Waals surface area contributed by atoms with E-state index in [1.165, 1.54) is 0 Å². The highest BCUT2D eigenvalue weighted by Crippen LogP contribution is 2.31. The van der Waals surface area contributed by atoms with Gasteiger partial charge in [0.15, 0.2) is 0 Å². The zero-order valence-corrected chi connectivity index (χ0v) is 18.7. The van der Waals surface area contributed by atoms with E-state index in [0.29, 0.717) is 17.0 Å². The van der Waals surface area contributed by atoms with Gasteiger partial charge in [0.1, 0.15) is 5.75 Å². The summed E-state index contributed by atoms with van der Waals surface area (Å²) < 4.78 is 5.57. The van der Waals surface area contributed by atoms with Crippen LogP contribution in [0.25, 0.3) is 22.2 Å². The number of rotatable bonds is 6. The van der Waals surface area contributed by atoms with Crippen LogP contribution in [0.3, 0.4) is 0 Å². The summed E-state index contributed by atoms with van der Waals surface area (Å²) in [6.07, 6.45) is 0. The molecule has 2 N–H and O–H groups in total. The first-order valence-corrected chi connectivity index (χ1v) is 11.0. The Hall–Kier alpha value is -4.64. The van der Waals surface area contributed by atoms with Gasteiger partial charge in [0.05, 0.1) is 29.6 Å². The average molecular weight is 446 g/mol. The Morgan fingerprint density at radius 1 is 0.765 bits per heavy atom. The molecule has 5 nitrogen and oxygen atoms in total. The van der Waals surface area contributed by atoms with Crippen LogP contribution in [0.2, 0.25) is 0 Å². The van der Waals surface area contributed by atoms with Gasteiger partial charge >= 0.3 is 0 Å². The maximum Gasteiger partial charge on any atom is 0.256 e. The highest BCUT2D eigenvalue weighted by Gasteiger charge is 2.16. The molecule has 0 saturated heterocycles. The maximum absolute atomic E-state index is 13.4. The summed E-state index contributed by atoms with van der Waals surface area (Å²) in [5, 5.41) is 7.15. The molecule has 1 amide bonds. The molecule has 1 heterocycles. The number of fused-ring (bicyclic) bond motifs is 1. The summed E-state index contributed by atoms with van der Waals surface area (Å²) in [5.74, 6) is 0.341. The molecule has 0 spiro atoms. The minimum atomic E-state index is -0.224. The molecule has 34 heavy (non-hydrogen) atoms. The molecule has 0 aliphatic rings. The lowest BCUT2D eigenvalue weighted by Crippen LogP contribution is -2.14. The molecule has 0 bridgehead atoms. The van der Waals surface area contributed by atoms with Crippen LogP contribution in [-0.4, -0.2) is 18.0 Å². The van der Waals surface area contributed by atoms with Gasteiger partial charge in [-0.15, -0.1) is 0 Å². The van der Waals surface area contributed by atoms with Crippen molar-refractivity contribution >= 4 is 33.9 Å². The van der Waals surface area contributed by atoms with Crippen LogP contribution in [0.5, 0.6) is 5.75 Å². The van der Waals surface area contributed by atoms with Crippen LogP contribution in [0.1, 0.15) is 10.4 Å². The Morgan fingerprint density at radius 3 is 2.24 bits per heavy atom. The molecule has 5 heteroatoms. The number of hydrogen-bond acceptors (Lipinski definition) is 4. The second kappa shape index (κ2) is 9.46. The van der Waals surface area contributed by atoms with Gasteiger partial charge in [-0.25, -0.2) is 4.98 Å². The molecule has 0 radical (unpaired) electrons. The monoisotopic (exact) mass is 445 g/mol. The van der Waals surface area contributed by atoms with E-state index in [1.807, 2.05) is 109 Å². The van der Waals surface area contributed by atoms with Crippen LogP contribution in [0.15, 0.2) is 109 Å². The molecule has 4 aromatic carbocycles. The molecule has 1 aromatic heterocycles. The standard InChI is InChI=1S/C29H23N3O2/c1-34-28-18-22(30-21-12-6-3-7-13-21)16-17-26(28)32-29(33)24-19-27(20-10-4-2-5-11-20)31-25-15-9-8-14-23(24)25/h2-19,30H,1H3,(H,32,33). The van der Waals surface area contributed by atoms with E-state index < -0.39 is 0 Å². The lowest BCUT2D eigenvalue weighted by Gasteiger charge is -2.14. The zero-order chi connectivity index (χ0) is 23.3. The SMILES string of the molecule is COc1cc(Nc2ccccc2)ccc1NC(=O)c1cc(-c2ccccc2)nc2ccccc12. The van der Waals surface area contributed by atoms with E-state index in [2.05, 4.69) is 10.6 Å². The van der Waals surface area contributed by atoms with E-state index in [4.69, 9.17) is 9.72 Å². The normalized spacial score (nSPS) is 10.6. The van der Waals surface area contributed by atoms with Gasteiger partial charge < -0.3 is 15.4 Å². The molecule has 0 saturated carbocycles. The first kappa shape index (κ1) is 21.2. The Bertz CT molecular complexity index is 1450. The molecule has 0 aliphatic heterocycles. The van der Waals surface area contributed by atoms with E-state index in [-0.39, 0.29) is 5.91 Å². The van der Waals surface area contributed by atoms with Crippen LogP contribution >= 0.6 is 0 Å². The molecule has 166 valence electrons. The quantitative estimate of drug-likeness (QED) is 0.298. The van der Waals surface area contributed by atoms with E-state index >= 15 is 0 Å². The van der Waals surface area contributed by atoms with Crippen LogP contribution < -0.4 is 15.4 Å². The van der Waals surface area contributed by atoms with Crippen molar-refractivity contribution in [1.82, 2.24) is 4.98 Å². The van der Waals surface area contributed by atoms with Crippen molar-refractivity contribution in [1.29, 1.82) is 0 Å². The summed E-state index contributed by atoms with van der Waals surface area (Å²) in [7, 11) is 1.59. The van der Waals surface area contributed by atoms with Crippen molar-refractivity contribution in [3.05, 3.63) is 115 Å². The molecular formula is C29H23N3O2. The number of amides is 1. The molecular weight excluding hydrogens is 422 g/mol. The van der Waals surface area contributed by atoms with Gasteiger partial charge in [-0.05, 0) is 36.4 Å². The molecule has 0 fully saturated rings. The minimum Gasteiger partial charge on any atom is -0.494 e. The fraction of sp³-hybridized carbons (Fsp3) is 0.0345. The predicted octanol–water partition coefficient (Wildman–Crippen LogP) is 6.91. The first-order valence-electron chi connectivity index (χ1n) is 11.0. The van der Waals surface area contributed by atoms with Crippen molar-refractivity contribution in [2.24, 2.45) is 0 Å². The number of carbonyl (C=O) groups is 1. The van der Waals surface area contributed by atoms with Gasteiger partial charge in [-0.3, -0.25) is 4.79 Å². The largest absolute Gasteiger partial charge is 0.494 e. The minimum absolute atomic E-state index is 0.224. The number of pyridine rings is 1. The maximum atomic E-state index is 13.4. The Balaban J connectivity index is 1.48. The van der Waals surface area contributed by atoms with Gasteiger partial charge in [-0.1, -0.05) is 66.7 Å². The number of carbonyl (C=O) groups excluding carboxylic acids is 1. The number of methoxy groups -OCH3 is 1. The Kier molecular flexibility index (Phi) is 5.91. The van der Waals surface area contributed by atoms with Gasteiger partial charge in [0.25, 0.3) is 5.91 Å². The van der Waals surface area contributed by atoms with Crippen LogP contribution in [-0.2, 0) is 0 Å². The van der Waals surface area contributed by atoms with Crippen molar-refractivity contribution in [3.8, 4) is 17.0 Å². The number of anilines is 3. The second-order valence-corrected chi connectivity index (χ2v) is 7.80. The third kappa shape index (κ3) is 4.45. The number of hydrogen-bond donors (Lipinski definition) is 2. The van der Waals surface area contributed by atoms with E-state index in [1.54, 1.807) is 7.11 Å². The summed E-state index contributed by atoms with van der Waals surface area (Å²) in [6.45, 7) is 0. The molecule has 0 unspecified atom stereocenters. The fourth-order valence-electron chi connectivity index (χ4n) is 3.87. The van der Waals surface area contributed by atoms with Crippen molar-refractivity contribution < 1.29 is 9.53 Å². The number of benzene rings is 4. The third-order valence-corrected chi connectivity index (χ3v) is 5.54. The highest BCUT2D eigenvalue weighted by atomic mass is 16.5. The summed E-state index contributed by atoms with van der Waals surface area (Å²) in [4.78, 5) is 18.2. The summed E-state index contributed by atoms with van der Waals surface area (Å²) in [5.41, 5.74) is 5.45. The molecule has 0 aliphatic carbocycles. The number of ether oxygens (including phenoxy) is 1. The van der Waals surface area contributed by atoms with Crippen LogP contribution in [0, 0.1) is 0 Å². The first-order chi connectivity index (χ1) is 16.7. The van der Waals surface area contributed by atoms with Crippen LogP contribution in [0.4, 0.5) is 17.1 Å². The fourth-order valence-corrected chi connectivity index (χ4v) is 3.87. The molecule has 5 aromatic rings. The lowest BCUT2D eigenvalue weighted by atomic mass is 10.0. The Morgan fingerprint density at radius 2 is 1.47 bits per heavy atom. The average Bonchev–Trinajstić information content (AvgIpc) is 2.90. The molecule has 5 rings (SSSR count). The Labute approximate surface area is 198 Å². The van der Waals surface area contributed by atoms with Crippen molar-refractivity contribution in [2.75, 3.05) is 17.7 Å². The number of para-hydroxylation sites is 2. The predicted molar refractivity (Wildman–Crippen MR) is 138 cm³/mol. The van der Waals surface area contributed by atoms with Gasteiger partial charge in [-0.2, -0.15) is 0 Å². The van der Waals surface area contributed by atoms with Crippen molar-refractivity contribution in [3.63, 3.8) is 0 Å². The number of nitrogens with one attached hydrogen (secondary N) is 2. The van der Waals surface area contributed by atoms with Gasteiger partial charge in [0, 0.05) is 28.4 Å². The highest BCUT2D eigenvalue weighted by molar-refractivity contribution is 6.13. The second-order valence-electron chi connectivity index (χ2n) is 7.80. The summed E-state index contributed by atoms with van der Waals surface area (Å²) >= 11 is 0. The van der Waals surface area contributed by atoms with E-state index in [9.17, 15) is 4.79 Å². The smallest absolute Gasteiger partial charge is 0.256 e. The van der Waals surface area contributed by atoms with E-state index in [0.717, 1.165) is 33.5 Å². The number of nitrogens with zero attached hydrogens (tertiary/aromatic N) is 1. The topological polar surface area (TPSA) is 63.2 Å². The summed E-state index contributed by atoms with van der Waals surface area (Å²) in [6, 6.07) is 34.8. The lowest BCUT2D eigenvalue weighted by molar-refractivity contribution is 0.102. The third-order valence-electron chi connectivity index (χ3n) is 5.54. The zero-order valence-electron chi connectivity index (χ0n) is 18.7. The van der Waals surface area contributed by atoms with Crippen molar-refractivity contribution in [2.45, 2.75) is 0 Å². The number of aromatic nitrogens is 1. The molecule has 0 atom stereocenters. The van der Waals surface area contributed by atoms with Gasteiger partial charge in [0.2, 0.25) is 0 Å².